The standard InChI is InChI=1S/C20H45NSi/c1-4-5-6-7-8-9-10-11-12-13-14-15-16-17-18-19-20-22(2,3)21/h4-21H2,1-3H3. The molecule has 0 rings (SSSR count). The van der Waals surface area contributed by atoms with Crippen molar-refractivity contribution in [2.75, 3.05) is 0 Å². The molecule has 0 atom stereocenters. The van der Waals surface area contributed by atoms with Gasteiger partial charge in [0.1, 0.15) is 8.24 Å². The Labute approximate surface area is 142 Å². The molecule has 0 aromatic rings. The van der Waals surface area contributed by atoms with Crippen molar-refractivity contribution in [3.05, 3.63) is 0 Å². The minimum atomic E-state index is -1.26. The molecule has 1 nitrogen and oxygen atoms in total. The van der Waals surface area contributed by atoms with Gasteiger partial charge in [0, 0.05) is 0 Å². The van der Waals surface area contributed by atoms with Crippen molar-refractivity contribution >= 4 is 8.24 Å². The second kappa shape index (κ2) is 16.0. The lowest BCUT2D eigenvalue weighted by Crippen LogP contribution is -2.37. The van der Waals surface area contributed by atoms with Crippen LogP contribution in [0.3, 0.4) is 0 Å². The smallest absolute Gasteiger partial charge is 0.116 e. The molecule has 134 valence electrons. The summed E-state index contributed by atoms with van der Waals surface area (Å²) in [5.74, 6) is 0. The summed E-state index contributed by atoms with van der Waals surface area (Å²) in [6, 6.07) is 1.31. The molecule has 0 aromatic carbocycles. The second-order valence-electron chi connectivity index (χ2n) is 8.04. The van der Waals surface area contributed by atoms with E-state index in [2.05, 4.69) is 20.0 Å². The van der Waals surface area contributed by atoms with Gasteiger partial charge in [-0.05, 0) is 6.04 Å². The Morgan fingerprint density at radius 3 is 1.05 bits per heavy atom. The van der Waals surface area contributed by atoms with Gasteiger partial charge in [0.25, 0.3) is 0 Å². The fourth-order valence-electron chi connectivity index (χ4n) is 3.13. The van der Waals surface area contributed by atoms with E-state index in [9.17, 15) is 0 Å². The highest BCUT2D eigenvalue weighted by Crippen LogP contribution is 2.15. The highest BCUT2D eigenvalue weighted by atomic mass is 28.3. The van der Waals surface area contributed by atoms with Crippen LogP contribution in [0.2, 0.25) is 19.1 Å². The monoisotopic (exact) mass is 327 g/mol. The highest BCUT2D eigenvalue weighted by Gasteiger charge is 2.12. The average Bonchev–Trinajstić information content (AvgIpc) is 2.45. The summed E-state index contributed by atoms with van der Waals surface area (Å²) in [6.45, 7) is 6.85. The molecule has 2 heteroatoms. The summed E-state index contributed by atoms with van der Waals surface area (Å²) in [4.78, 5) is 0. The molecule has 0 aliphatic heterocycles. The lowest BCUT2D eigenvalue weighted by atomic mass is 10.0. The third-order valence-corrected chi connectivity index (χ3v) is 6.32. The SMILES string of the molecule is CCCCCCCCCCCCCCCCCC[Si](C)(C)N. The largest absolute Gasteiger partial charge is 0.351 e. The predicted octanol–water partition coefficient (Wildman–Crippen LogP) is 7.41. The quantitative estimate of drug-likeness (QED) is 0.218. The summed E-state index contributed by atoms with van der Waals surface area (Å²) in [5.41, 5.74) is 0. The number of hydrogen-bond donors (Lipinski definition) is 1. The Hall–Kier alpha value is 0.177. The molecule has 22 heavy (non-hydrogen) atoms. The van der Waals surface area contributed by atoms with Crippen LogP contribution in [0.4, 0.5) is 0 Å². The van der Waals surface area contributed by atoms with E-state index in [-0.39, 0.29) is 0 Å². The molecule has 0 heterocycles. The van der Waals surface area contributed by atoms with Crippen molar-refractivity contribution in [1.29, 1.82) is 0 Å². The Bertz CT molecular complexity index is 210. The lowest BCUT2D eigenvalue weighted by Gasteiger charge is -2.14. The van der Waals surface area contributed by atoms with E-state index < -0.39 is 8.24 Å². The number of hydrogen-bond acceptors (Lipinski definition) is 1. The molecule has 0 aliphatic carbocycles. The van der Waals surface area contributed by atoms with Gasteiger partial charge >= 0.3 is 0 Å². The molecule has 0 radical (unpaired) electrons. The van der Waals surface area contributed by atoms with Crippen LogP contribution >= 0.6 is 0 Å². The molecule has 2 N–H and O–H groups in total. The minimum absolute atomic E-state index is 1.26. The third-order valence-electron chi connectivity index (χ3n) is 4.67. The zero-order valence-corrected chi connectivity index (χ0v) is 17.1. The van der Waals surface area contributed by atoms with E-state index in [4.69, 9.17) is 5.40 Å². The molecule has 0 bridgehead atoms. The molecule has 0 saturated carbocycles. The maximum Gasteiger partial charge on any atom is 0.116 e. The average molecular weight is 328 g/mol. The first-order chi connectivity index (χ1) is 10.6. The fourth-order valence-corrected chi connectivity index (χ4v) is 4.29. The van der Waals surface area contributed by atoms with E-state index in [0.717, 1.165) is 0 Å². The van der Waals surface area contributed by atoms with Gasteiger partial charge < -0.3 is 5.40 Å². The maximum atomic E-state index is 6.13. The highest BCUT2D eigenvalue weighted by molar-refractivity contribution is 6.74. The Balaban J connectivity index is 3.00. The molecule has 0 unspecified atom stereocenters. The van der Waals surface area contributed by atoms with E-state index in [0.29, 0.717) is 0 Å². The maximum absolute atomic E-state index is 6.13. The van der Waals surface area contributed by atoms with Crippen LogP contribution in [0.15, 0.2) is 0 Å². The first-order valence-electron chi connectivity index (χ1n) is 10.3. The molecular weight excluding hydrogens is 282 g/mol. The van der Waals surface area contributed by atoms with Crippen LogP contribution in [-0.4, -0.2) is 8.24 Å². The van der Waals surface area contributed by atoms with Gasteiger partial charge in [-0.1, -0.05) is 123 Å². The van der Waals surface area contributed by atoms with E-state index in [1.807, 2.05) is 0 Å². The Morgan fingerprint density at radius 2 is 0.773 bits per heavy atom. The summed E-state index contributed by atoms with van der Waals surface area (Å²) in [6.07, 6.45) is 23.2. The molecule has 0 spiro atoms. The molecular formula is C20H45NSi. The topological polar surface area (TPSA) is 26.0 Å². The van der Waals surface area contributed by atoms with E-state index in [1.165, 1.54) is 109 Å². The van der Waals surface area contributed by atoms with Crippen LogP contribution in [0.1, 0.15) is 110 Å². The number of unbranched alkanes of at least 4 members (excludes halogenated alkanes) is 15. The Morgan fingerprint density at radius 1 is 0.500 bits per heavy atom. The van der Waals surface area contributed by atoms with Gasteiger partial charge in [-0.3, -0.25) is 0 Å². The van der Waals surface area contributed by atoms with Crippen molar-refractivity contribution in [2.24, 2.45) is 5.40 Å². The molecule has 0 aromatic heterocycles. The van der Waals surface area contributed by atoms with Gasteiger partial charge in [0.05, 0.1) is 0 Å². The van der Waals surface area contributed by atoms with Crippen LogP contribution in [0.5, 0.6) is 0 Å². The zero-order valence-electron chi connectivity index (χ0n) is 16.1. The summed E-state index contributed by atoms with van der Waals surface area (Å²) < 4.78 is 0. The zero-order chi connectivity index (χ0) is 16.5. The Kier molecular flexibility index (Phi) is 16.2. The van der Waals surface area contributed by atoms with Gasteiger partial charge in [-0.15, -0.1) is 0 Å². The van der Waals surface area contributed by atoms with Gasteiger partial charge in [-0.2, -0.15) is 0 Å². The van der Waals surface area contributed by atoms with Gasteiger partial charge in [0.15, 0.2) is 0 Å². The van der Waals surface area contributed by atoms with E-state index in [1.54, 1.807) is 0 Å². The van der Waals surface area contributed by atoms with Crippen LogP contribution < -0.4 is 5.40 Å². The van der Waals surface area contributed by atoms with Crippen LogP contribution in [0, 0.1) is 0 Å². The summed E-state index contributed by atoms with van der Waals surface area (Å²) >= 11 is 0. The molecule has 0 fully saturated rings. The third kappa shape index (κ3) is 20.2. The lowest BCUT2D eigenvalue weighted by molar-refractivity contribution is 0.531. The fraction of sp³-hybridized carbons (Fsp3) is 1.00. The summed E-state index contributed by atoms with van der Waals surface area (Å²) in [7, 11) is -1.26. The minimum Gasteiger partial charge on any atom is -0.351 e. The molecule has 0 saturated heterocycles. The van der Waals surface area contributed by atoms with Crippen molar-refractivity contribution in [1.82, 2.24) is 0 Å². The molecule has 0 amide bonds. The second-order valence-corrected chi connectivity index (χ2v) is 12.5. The first kappa shape index (κ1) is 22.2. The number of rotatable bonds is 17. The van der Waals surface area contributed by atoms with Crippen LogP contribution in [-0.2, 0) is 0 Å². The first-order valence-corrected chi connectivity index (χ1v) is 13.6. The van der Waals surface area contributed by atoms with Crippen molar-refractivity contribution in [3.8, 4) is 0 Å². The van der Waals surface area contributed by atoms with Crippen molar-refractivity contribution in [3.63, 3.8) is 0 Å². The number of nitrogens with two attached hydrogens (primary N) is 1. The van der Waals surface area contributed by atoms with E-state index >= 15 is 0 Å². The van der Waals surface area contributed by atoms with Crippen molar-refractivity contribution < 1.29 is 0 Å². The van der Waals surface area contributed by atoms with Gasteiger partial charge in [-0.25, -0.2) is 0 Å². The van der Waals surface area contributed by atoms with Crippen molar-refractivity contribution in [2.45, 2.75) is 129 Å². The summed E-state index contributed by atoms with van der Waals surface area (Å²) in [5, 5.41) is 6.13. The normalized spacial score (nSPS) is 12.0. The molecule has 0 aliphatic rings. The van der Waals surface area contributed by atoms with Gasteiger partial charge in [0.2, 0.25) is 0 Å². The van der Waals surface area contributed by atoms with Crippen LogP contribution in [0.25, 0.3) is 0 Å². The predicted molar refractivity (Wildman–Crippen MR) is 106 cm³/mol.